The Morgan fingerprint density at radius 2 is 1.70 bits per heavy atom. The Hall–Kier alpha value is -3.87. The molecule has 0 saturated heterocycles. The molecular weight excluding hydrogens is 378 g/mol. The van der Waals surface area contributed by atoms with E-state index in [1.165, 1.54) is 0 Å². The highest BCUT2D eigenvalue weighted by atomic mass is 16.2. The number of nitrogens with zero attached hydrogens (tertiary/aromatic N) is 3. The average Bonchev–Trinajstić information content (AvgIpc) is 3.31. The monoisotopic (exact) mass is 401 g/mol. The lowest BCUT2D eigenvalue weighted by atomic mass is 10.2. The number of carbonyl (C=O) groups is 2. The summed E-state index contributed by atoms with van der Waals surface area (Å²) in [5.74, 6) is -0.607. The average molecular weight is 401 g/mol. The summed E-state index contributed by atoms with van der Waals surface area (Å²) >= 11 is 0. The Morgan fingerprint density at radius 3 is 2.50 bits per heavy atom. The fraction of sp³-hybridized carbons (Fsp3) is 0.174. The van der Waals surface area contributed by atoms with E-state index in [0.29, 0.717) is 12.1 Å². The van der Waals surface area contributed by atoms with Gasteiger partial charge < -0.3 is 9.13 Å². The fourth-order valence-corrected chi connectivity index (χ4v) is 3.63. The molecule has 2 aromatic carbocycles. The van der Waals surface area contributed by atoms with Gasteiger partial charge in [-0.15, -0.1) is 0 Å². The number of hydrogen-bond donors (Lipinski definition) is 2. The molecule has 0 spiro atoms. The summed E-state index contributed by atoms with van der Waals surface area (Å²) < 4.78 is 3.94. The first-order valence-electron chi connectivity index (χ1n) is 9.78. The van der Waals surface area contributed by atoms with Gasteiger partial charge in [0.05, 0.1) is 22.9 Å². The van der Waals surface area contributed by atoms with Crippen molar-refractivity contribution in [1.82, 2.24) is 25.0 Å². The zero-order valence-corrected chi connectivity index (χ0v) is 16.9. The van der Waals surface area contributed by atoms with Gasteiger partial charge in [-0.2, -0.15) is 0 Å². The first kappa shape index (κ1) is 19.4. The van der Waals surface area contributed by atoms with E-state index in [9.17, 15) is 9.59 Å². The third-order valence-electron chi connectivity index (χ3n) is 5.11. The van der Waals surface area contributed by atoms with E-state index in [-0.39, 0.29) is 18.2 Å². The summed E-state index contributed by atoms with van der Waals surface area (Å²) in [4.78, 5) is 29.2. The predicted octanol–water partition coefficient (Wildman–Crippen LogP) is 3.30. The van der Waals surface area contributed by atoms with E-state index in [0.717, 1.165) is 28.1 Å². The van der Waals surface area contributed by atoms with Gasteiger partial charge in [0.2, 0.25) is 5.91 Å². The van der Waals surface area contributed by atoms with Crippen LogP contribution in [0.1, 0.15) is 28.2 Å². The van der Waals surface area contributed by atoms with Gasteiger partial charge in [-0.25, -0.2) is 4.98 Å². The Morgan fingerprint density at radius 1 is 0.967 bits per heavy atom. The van der Waals surface area contributed by atoms with Crippen LogP contribution >= 0.6 is 0 Å². The summed E-state index contributed by atoms with van der Waals surface area (Å²) in [5.41, 5.74) is 10.2. The molecule has 0 fully saturated rings. The minimum atomic E-state index is -0.341. The molecule has 0 aliphatic carbocycles. The smallest absolute Gasteiger partial charge is 0.271 e. The van der Waals surface area contributed by atoms with Crippen LogP contribution in [0.2, 0.25) is 0 Å². The van der Waals surface area contributed by atoms with Crippen molar-refractivity contribution in [3.8, 4) is 5.69 Å². The zero-order chi connectivity index (χ0) is 21.1. The molecule has 0 aliphatic rings. The van der Waals surface area contributed by atoms with E-state index in [4.69, 9.17) is 0 Å². The number of rotatable bonds is 5. The minimum absolute atomic E-state index is 0.226. The molecule has 2 aromatic heterocycles. The van der Waals surface area contributed by atoms with Crippen LogP contribution in [0, 0.1) is 13.8 Å². The van der Waals surface area contributed by atoms with Crippen molar-refractivity contribution in [1.29, 1.82) is 0 Å². The molecule has 0 unspecified atom stereocenters. The molecule has 2 heterocycles. The number of aryl methyl sites for hydroxylation is 2. The van der Waals surface area contributed by atoms with Gasteiger partial charge in [0.15, 0.2) is 0 Å². The minimum Gasteiger partial charge on any atom is -0.330 e. The first-order valence-corrected chi connectivity index (χ1v) is 9.78. The second-order valence-electron chi connectivity index (χ2n) is 7.13. The zero-order valence-electron chi connectivity index (χ0n) is 16.9. The highest BCUT2D eigenvalue weighted by molar-refractivity contribution is 5.97. The first-order chi connectivity index (χ1) is 14.5. The number of hydrogen-bond acceptors (Lipinski definition) is 3. The van der Waals surface area contributed by atoms with Gasteiger partial charge in [0.25, 0.3) is 5.91 Å². The predicted molar refractivity (Wildman–Crippen MR) is 115 cm³/mol. The molecule has 30 heavy (non-hydrogen) atoms. The van der Waals surface area contributed by atoms with Crippen LogP contribution in [0.25, 0.3) is 16.7 Å². The van der Waals surface area contributed by atoms with Gasteiger partial charge in [-0.05, 0) is 44.2 Å². The Kier molecular flexibility index (Phi) is 5.34. The molecule has 2 N–H and O–H groups in total. The number of benzene rings is 2. The molecule has 0 bridgehead atoms. The molecule has 0 aliphatic heterocycles. The van der Waals surface area contributed by atoms with Crippen molar-refractivity contribution in [2.75, 3.05) is 0 Å². The lowest BCUT2D eigenvalue weighted by Crippen LogP contribution is -2.42. The van der Waals surface area contributed by atoms with Gasteiger partial charge >= 0.3 is 0 Å². The molecule has 7 nitrogen and oxygen atoms in total. The number of nitrogens with one attached hydrogen (secondary N) is 2. The highest BCUT2D eigenvalue weighted by Crippen LogP contribution is 2.20. The third-order valence-corrected chi connectivity index (χ3v) is 5.11. The van der Waals surface area contributed by atoms with Crippen molar-refractivity contribution >= 4 is 22.8 Å². The maximum Gasteiger partial charge on any atom is 0.271 e. The van der Waals surface area contributed by atoms with Crippen molar-refractivity contribution in [2.24, 2.45) is 0 Å². The van der Waals surface area contributed by atoms with Crippen LogP contribution in [0.4, 0.5) is 0 Å². The topological polar surface area (TPSA) is 81.0 Å². The Bertz CT molecular complexity index is 1210. The van der Waals surface area contributed by atoms with E-state index in [2.05, 4.69) is 15.8 Å². The molecule has 4 aromatic rings. The van der Waals surface area contributed by atoms with Crippen LogP contribution in [0.5, 0.6) is 0 Å². The number of carbonyl (C=O) groups excluding carboxylic acids is 2. The van der Waals surface area contributed by atoms with Crippen molar-refractivity contribution in [3.05, 3.63) is 83.9 Å². The van der Waals surface area contributed by atoms with E-state index >= 15 is 0 Å². The summed E-state index contributed by atoms with van der Waals surface area (Å²) in [6.07, 6.45) is 1.94. The van der Waals surface area contributed by atoms with Crippen LogP contribution in [0.15, 0.2) is 67.0 Å². The second-order valence-corrected chi connectivity index (χ2v) is 7.13. The summed E-state index contributed by atoms with van der Waals surface area (Å²) in [6.45, 7) is 4.32. The SMILES string of the molecule is Cc1cc(C(=O)NNC(=O)CCn2cnc3ccccc32)c(C)n1-c1ccccc1. The summed E-state index contributed by atoms with van der Waals surface area (Å²) in [5, 5.41) is 0. The Labute approximate surface area is 174 Å². The lowest BCUT2D eigenvalue weighted by Gasteiger charge is -2.10. The number of amides is 2. The fourth-order valence-electron chi connectivity index (χ4n) is 3.63. The summed E-state index contributed by atoms with van der Waals surface area (Å²) in [6, 6.07) is 19.4. The molecule has 152 valence electrons. The molecule has 2 amide bonds. The lowest BCUT2D eigenvalue weighted by molar-refractivity contribution is -0.122. The van der Waals surface area contributed by atoms with Crippen LogP contribution < -0.4 is 10.9 Å². The molecule has 7 heteroatoms. The van der Waals surface area contributed by atoms with Crippen molar-refractivity contribution < 1.29 is 9.59 Å². The van der Waals surface area contributed by atoms with Crippen LogP contribution in [-0.4, -0.2) is 25.9 Å². The van der Waals surface area contributed by atoms with E-state index in [1.54, 1.807) is 6.33 Å². The summed E-state index contributed by atoms with van der Waals surface area (Å²) in [7, 11) is 0. The standard InChI is InChI=1S/C23H23N5O2/c1-16-14-19(17(2)28(16)18-8-4-3-5-9-18)23(30)26-25-22(29)12-13-27-15-24-20-10-6-7-11-21(20)27/h3-11,14-15H,12-13H2,1-2H3,(H,25,29)(H,26,30). The van der Waals surface area contributed by atoms with Crippen LogP contribution in [-0.2, 0) is 11.3 Å². The molecule has 4 rings (SSSR count). The molecule has 0 atom stereocenters. The molecular formula is C23H23N5O2. The highest BCUT2D eigenvalue weighted by Gasteiger charge is 2.17. The number of fused-ring (bicyclic) bond motifs is 1. The third kappa shape index (κ3) is 3.82. The van der Waals surface area contributed by atoms with Crippen molar-refractivity contribution in [2.45, 2.75) is 26.8 Å². The van der Waals surface area contributed by atoms with E-state index < -0.39 is 0 Å². The van der Waals surface area contributed by atoms with Crippen LogP contribution in [0.3, 0.4) is 0 Å². The largest absolute Gasteiger partial charge is 0.330 e. The maximum atomic E-state index is 12.6. The molecule has 0 saturated carbocycles. The molecule has 0 radical (unpaired) electrons. The maximum absolute atomic E-state index is 12.6. The number of para-hydroxylation sites is 3. The van der Waals surface area contributed by atoms with E-state index in [1.807, 2.05) is 83.6 Å². The quantitative estimate of drug-likeness (QED) is 0.504. The number of hydrazine groups is 1. The Balaban J connectivity index is 1.37. The number of imidazole rings is 1. The van der Waals surface area contributed by atoms with Gasteiger partial charge in [0, 0.05) is 30.0 Å². The van der Waals surface area contributed by atoms with Gasteiger partial charge in [-0.1, -0.05) is 30.3 Å². The van der Waals surface area contributed by atoms with Crippen molar-refractivity contribution in [3.63, 3.8) is 0 Å². The van der Waals surface area contributed by atoms with Gasteiger partial charge in [-0.3, -0.25) is 20.4 Å². The number of aromatic nitrogens is 3. The second kappa shape index (κ2) is 8.24. The van der Waals surface area contributed by atoms with Gasteiger partial charge in [0.1, 0.15) is 0 Å². The normalized spacial score (nSPS) is 10.9.